The summed E-state index contributed by atoms with van der Waals surface area (Å²) in [6.07, 6.45) is 5.01. The van der Waals surface area contributed by atoms with E-state index in [1.165, 1.54) is 4.90 Å². The topological polar surface area (TPSA) is 57.7 Å². The fourth-order valence-corrected chi connectivity index (χ4v) is 3.90. The number of benzene rings is 1. The van der Waals surface area contributed by atoms with Crippen molar-refractivity contribution in [2.24, 2.45) is 0 Å². The lowest BCUT2D eigenvalue weighted by molar-refractivity contribution is 0.0548. The van der Waals surface area contributed by atoms with Crippen LogP contribution in [0, 0.1) is 0 Å². The zero-order valence-corrected chi connectivity index (χ0v) is 15.6. The molecule has 26 heavy (non-hydrogen) atoms. The highest BCUT2D eigenvalue weighted by Gasteiger charge is 2.40. The summed E-state index contributed by atoms with van der Waals surface area (Å²) in [5, 5.41) is 0. The van der Waals surface area contributed by atoms with Gasteiger partial charge in [-0.25, -0.2) is 0 Å². The summed E-state index contributed by atoms with van der Waals surface area (Å²) in [5.74, 6) is -0.616. The number of rotatable bonds is 5. The fraction of sp³-hybridized carbons (Fsp3) is 0.476. The Morgan fingerprint density at radius 3 is 2.42 bits per heavy atom. The Bertz CT molecular complexity index is 763. The molecule has 1 fully saturated rings. The maximum atomic E-state index is 12.9. The van der Waals surface area contributed by atoms with Crippen LogP contribution in [0.2, 0.25) is 0 Å². The normalized spacial score (nSPS) is 17.4. The first-order valence-corrected chi connectivity index (χ1v) is 9.39. The molecule has 1 saturated carbocycles. The average molecular weight is 354 g/mol. The van der Waals surface area contributed by atoms with E-state index in [0.29, 0.717) is 29.8 Å². The number of nitrogens with zero attached hydrogens (tertiary/aromatic N) is 2. The quantitative estimate of drug-likeness (QED) is 0.599. The molecular weight excluding hydrogens is 328 g/mol. The van der Waals surface area contributed by atoms with Gasteiger partial charge in [0.15, 0.2) is 0 Å². The van der Waals surface area contributed by atoms with Crippen LogP contribution in [-0.2, 0) is 0 Å². The fourth-order valence-electron chi connectivity index (χ4n) is 3.90. The highest BCUT2D eigenvalue weighted by Crippen LogP contribution is 2.31. The largest absolute Gasteiger partial charge is 0.335 e. The third-order valence-electron chi connectivity index (χ3n) is 5.23. The second kappa shape index (κ2) is 7.44. The van der Waals surface area contributed by atoms with Gasteiger partial charge in [0.05, 0.1) is 11.1 Å². The van der Waals surface area contributed by atoms with Crippen molar-refractivity contribution in [3.63, 3.8) is 0 Å². The predicted octanol–water partition coefficient (Wildman–Crippen LogP) is 3.65. The third-order valence-corrected chi connectivity index (χ3v) is 5.23. The van der Waals surface area contributed by atoms with Gasteiger partial charge in [-0.05, 0) is 44.9 Å². The Labute approximate surface area is 154 Å². The van der Waals surface area contributed by atoms with Crippen molar-refractivity contribution in [1.29, 1.82) is 0 Å². The number of carbonyl (C=O) groups excluding carboxylic acids is 3. The summed E-state index contributed by atoms with van der Waals surface area (Å²) < 4.78 is 0. The molecule has 0 bridgehead atoms. The average Bonchev–Trinajstić information content (AvgIpc) is 2.90. The minimum absolute atomic E-state index is 0.00847. The van der Waals surface area contributed by atoms with Gasteiger partial charge in [-0.15, -0.1) is 0 Å². The summed E-state index contributed by atoms with van der Waals surface area (Å²) in [5.41, 5.74) is 2.12. The van der Waals surface area contributed by atoms with Gasteiger partial charge in [0.1, 0.15) is 0 Å². The molecule has 0 unspecified atom stereocenters. The Morgan fingerprint density at radius 2 is 1.81 bits per heavy atom. The minimum Gasteiger partial charge on any atom is -0.335 e. The van der Waals surface area contributed by atoms with Crippen LogP contribution in [0.15, 0.2) is 30.4 Å². The maximum Gasteiger partial charge on any atom is 0.261 e. The van der Waals surface area contributed by atoms with Gasteiger partial charge in [-0.3, -0.25) is 19.3 Å². The molecule has 1 aliphatic heterocycles. The van der Waals surface area contributed by atoms with E-state index < -0.39 is 0 Å². The van der Waals surface area contributed by atoms with Crippen molar-refractivity contribution in [3.05, 3.63) is 47.0 Å². The highest BCUT2D eigenvalue weighted by molar-refractivity contribution is 6.22. The van der Waals surface area contributed by atoms with E-state index in [1.54, 1.807) is 23.1 Å². The lowest BCUT2D eigenvalue weighted by Crippen LogP contribution is -2.40. The van der Waals surface area contributed by atoms with Gasteiger partial charge in [0, 0.05) is 24.7 Å². The standard InChI is InChI=1S/C21H26N2O3/c1-4-22(13-14(2)3)19(24)15-10-11-17-18(12-15)21(26)23(20(17)25)16-8-6-5-7-9-16/h10-12,16H,2,4-9,13H2,1,3H3. The molecule has 5 heteroatoms. The van der Waals surface area contributed by atoms with E-state index in [-0.39, 0.29) is 23.8 Å². The van der Waals surface area contributed by atoms with Crippen molar-refractivity contribution in [3.8, 4) is 0 Å². The van der Waals surface area contributed by atoms with Crippen LogP contribution in [0.4, 0.5) is 0 Å². The van der Waals surface area contributed by atoms with Gasteiger partial charge in [-0.2, -0.15) is 0 Å². The molecule has 138 valence electrons. The number of amides is 3. The van der Waals surface area contributed by atoms with Crippen molar-refractivity contribution in [1.82, 2.24) is 9.80 Å². The third kappa shape index (κ3) is 3.30. The Morgan fingerprint density at radius 1 is 1.15 bits per heavy atom. The zero-order valence-electron chi connectivity index (χ0n) is 15.6. The molecule has 0 saturated heterocycles. The molecule has 0 radical (unpaired) electrons. The SMILES string of the molecule is C=C(C)CN(CC)C(=O)c1ccc2c(c1)C(=O)N(C1CCCCC1)C2=O. The van der Waals surface area contributed by atoms with E-state index in [0.717, 1.165) is 37.7 Å². The number of hydrogen-bond donors (Lipinski definition) is 0. The lowest BCUT2D eigenvalue weighted by atomic mass is 9.94. The maximum absolute atomic E-state index is 12.9. The minimum atomic E-state index is -0.255. The van der Waals surface area contributed by atoms with Gasteiger partial charge in [0.2, 0.25) is 0 Å². The molecule has 3 amide bonds. The number of imide groups is 1. The molecule has 0 atom stereocenters. The van der Waals surface area contributed by atoms with E-state index >= 15 is 0 Å². The molecule has 1 aromatic carbocycles. The van der Waals surface area contributed by atoms with Crippen molar-refractivity contribution in [2.45, 2.75) is 52.0 Å². The Kier molecular flexibility index (Phi) is 5.25. The van der Waals surface area contributed by atoms with Gasteiger partial charge in [0.25, 0.3) is 17.7 Å². The number of hydrogen-bond acceptors (Lipinski definition) is 3. The number of carbonyl (C=O) groups is 3. The monoisotopic (exact) mass is 354 g/mol. The highest BCUT2D eigenvalue weighted by atomic mass is 16.2. The first-order chi connectivity index (χ1) is 12.4. The number of likely N-dealkylation sites (N-methyl/N-ethyl adjacent to an activating group) is 1. The molecule has 5 nitrogen and oxygen atoms in total. The van der Waals surface area contributed by atoms with Gasteiger partial charge >= 0.3 is 0 Å². The van der Waals surface area contributed by atoms with Crippen LogP contribution in [0.5, 0.6) is 0 Å². The molecule has 0 spiro atoms. The van der Waals surface area contributed by atoms with Crippen LogP contribution in [0.3, 0.4) is 0 Å². The molecule has 3 rings (SSSR count). The summed E-state index contributed by atoms with van der Waals surface area (Å²) in [7, 11) is 0. The van der Waals surface area contributed by atoms with Crippen LogP contribution in [0.1, 0.15) is 77.0 Å². The Balaban J connectivity index is 1.87. The molecular formula is C21H26N2O3. The van der Waals surface area contributed by atoms with Crippen LogP contribution in [0.25, 0.3) is 0 Å². The second-order valence-corrected chi connectivity index (χ2v) is 7.31. The van der Waals surface area contributed by atoms with Crippen molar-refractivity contribution in [2.75, 3.05) is 13.1 Å². The van der Waals surface area contributed by atoms with Gasteiger partial charge in [-0.1, -0.05) is 31.4 Å². The van der Waals surface area contributed by atoms with Crippen LogP contribution < -0.4 is 0 Å². The molecule has 0 N–H and O–H groups in total. The first kappa shape index (κ1) is 18.4. The smallest absolute Gasteiger partial charge is 0.261 e. The lowest BCUT2D eigenvalue weighted by Gasteiger charge is -2.29. The predicted molar refractivity (Wildman–Crippen MR) is 100 cm³/mol. The molecule has 1 aliphatic carbocycles. The molecule has 1 aromatic rings. The Hall–Kier alpha value is -2.43. The van der Waals surface area contributed by atoms with E-state index in [1.807, 2.05) is 13.8 Å². The van der Waals surface area contributed by atoms with E-state index in [2.05, 4.69) is 6.58 Å². The van der Waals surface area contributed by atoms with Crippen molar-refractivity contribution < 1.29 is 14.4 Å². The molecule has 1 heterocycles. The van der Waals surface area contributed by atoms with E-state index in [4.69, 9.17) is 0 Å². The first-order valence-electron chi connectivity index (χ1n) is 9.39. The summed E-state index contributed by atoms with van der Waals surface area (Å²) in [4.78, 5) is 41.4. The summed E-state index contributed by atoms with van der Waals surface area (Å²) in [6, 6.07) is 4.85. The summed E-state index contributed by atoms with van der Waals surface area (Å²) in [6.45, 7) is 8.69. The zero-order chi connectivity index (χ0) is 18.8. The van der Waals surface area contributed by atoms with Crippen LogP contribution >= 0.6 is 0 Å². The molecule has 0 aromatic heterocycles. The van der Waals surface area contributed by atoms with E-state index in [9.17, 15) is 14.4 Å². The van der Waals surface area contributed by atoms with Gasteiger partial charge < -0.3 is 4.90 Å². The molecule has 2 aliphatic rings. The van der Waals surface area contributed by atoms with Crippen molar-refractivity contribution >= 4 is 17.7 Å². The van der Waals surface area contributed by atoms with Crippen LogP contribution in [-0.4, -0.2) is 46.7 Å². The second-order valence-electron chi connectivity index (χ2n) is 7.31. The number of fused-ring (bicyclic) bond motifs is 1. The summed E-state index contributed by atoms with van der Waals surface area (Å²) >= 11 is 0.